The van der Waals surface area contributed by atoms with Gasteiger partial charge < -0.3 is 5.73 Å². The molecule has 0 saturated heterocycles. The predicted molar refractivity (Wildman–Crippen MR) is 50.7 cm³/mol. The van der Waals surface area contributed by atoms with Gasteiger partial charge in [-0.3, -0.25) is 4.99 Å². The smallest absolute Gasteiger partial charge is 0.252 e. The molecule has 2 N–H and O–H groups in total. The summed E-state index contributed by atoms with van der Waals surface area (Å²) in [6, 6.07) is -0.236. The van der Waals surface area contributed by atoms with E-state index in [-0.39, 0.29) is 42.9 Å². The number of hydrogen-bond acceptors (Lipinski definition) is 1. The molecule has 66 valence electrons. The zero-order valence-electron chi connectivity index (χ0n) is 6.18. The third-order valence-corrected chi connectivity index (χ3v) is 1.45. The van der Waals surface area contributed by atoms with Gasteiger partial charge in [-0.15, -0.1) is 24.0 Å². The van der Waals surface area contributed by atoms with E-state index in [9.17, 15) is 8.78 Å². The molecular weight excluding hydrogens is 265 g/mol. The summed E-state index contributed by atoms with van der Waals surface area (Å²) in [5.41, 5.74) is 5.20. The number of nitrogens with zero attached hydrogens (tertiary/aromatic N) is 1. The van der Waals surface area contributed by atoms with Gasteiger partial charge in [-0.25, -0.2) is 8.78 Å². The van der Waals surface area contributed by atoms with Crippen LogP contribution in [0.5, 0.6) is 0 Å². The minimum atomic E-state index is -2.48. The number of alkyl halides is 2. The first kappa shape index (κ1) is 11.1. The van der Waals surface area contributed by atoms with Crippen LogP contribution < -0.4 is 5.73 Å². The van der Waals surface area contributed by atoms with Crippen LogP contribution in [-0.4, -0.2) is 17.8 Å². The fourth-order valence-corrected chi connectivity index (χ4v) is 1.01. The lowest BCUT2D eigenvalue weighted by atomic mass is 9.89. The summed E-state index contributed by atoms with van der Waals surface area (Å²) in [7, 11) is 0. The molecule has 2 nitrogen and oxygen atoms in total. The highest BCUT2D eigenvalue weighted by Gasteiger charge is 2.45. The van der Waals surface area contributed by atoms with Gasteiger partial charge in [0.15, 0.2) is 0 Å². The Morgan fingerprint density at radius 1 is 1.55 bits per heavy atom. The topological polar surface area (TPSA) is 38.4 Å². The van der Waals surface area contributed by atoms with Crippen LogP contribution in [0.15, 0.2) is 4.99 Å². The molecule has 1 aliphatic carbocycles. The molecule has 1 aliphatic rings. The van der Waals surface area contributed by atoms with E-state index in [1.54, 1.807) is 6.92 Å². The fourth-order valence-electron chi connectivity index (χ4n) is 1.01. The monoisotopic (exact) mass is 276 g/mol. The summed E-state index contributed by atoms with van der Waals surface area (Å²) in [6.07, 6.45) is -0.275. The highest BCUT2D eigenvalue weighted by atomic mass is 127. The van der Waals surface area contributed by atoms with Crippen LogP contribution in [0.4, 0.5) is 8.78 Å². The maximum Gasteiger partial charge on any atom is 0.252 e. The van der Waals surface area contributed by atoms with Crippen molar-refractivity contribution in [1.82, 2.24) is 0 Å². The Morgan fingerprint density at radius 3 is 2.27 bits per heavy atom. The first-order valence-corrected chi connectivity index (χ1v) is 3.17. The van der Waals surface area contributed by atoms with Gasteiger partial charge in [-0.2, -0.15) is 0 Å². The van der Waals surface area contributed by atoms with E-state index >= 15 is 0 Å². The van der Waals surface area contributed by atoms with Crippen molar-refractivity contribution < 1.29 is 8.78 Å². The Morgan fingerprint density at radius 2 is 2.00 bits per heavy atom. The Hall–Kier alpha value is 0.0600. The molecule has 0 bridgehead atoms. The number of rotatable bonds is 1. The van der Waals surface area contributed by atoms with Gasteiger partial charge in [0.25, 0.3) is 5.92 Å². The molecule has 11 heavy (non-hydrogen) atoms. The molecule has 1 rings (SSSR count). The normalized spacial score (nSPS) is 23.7. The lowest BCUT2D eigenvalue weighted by Gasteiger charge is -2.31. The zero-order chi connectivity index (χ0) is 7.78. The van der Waals surface area contributed by atoms with Gasteiger partial charge in [-0.1, -0.05) is 0 Å². The third kappa shape index (κ3) is 3.31. The van der Waals surface area contributed by atoms with Gasteiger partial charge in [0.2, 0.25) is 0 Å². The lowest BCUT2D eigenvalue weighted by molar-refractivity contribution is -0.0834. The molecule has 1 saturated carbocycles. The Balaban J connectivity index is 0.000001000. The van der Waals surface area contributed by atoms with Crippen molar-refractivity contribution in [2.75, 3.05) is 0 Å². The Kier molecular flexibility index (Phi) is 3.66. The SMILES string of the molecule is CC(N)=NC1CC(F)(F)C1.I. The molecule has 0 spiro atoms. The fraction of sp³-hybridized carbons (Fsp3) is 0.833. The molecule has 5 heteroatoms. The quantitative estimate of drug-likeness (QED) is 0.442. The van der Waals surface area contributed by atoms with Crippen molar-refractivity contribution in [2.45, 2.75) is 31.7 Å². The average Bonchev–Trinajstić information content (AvgIpc) is 1.57. The van der Waals surface area contributed by atoms with Gasteiger partial charge in [0.05, 0.1) is 11.9 Å². The van der Waals surface area contributed by atoms with Crippen LogP contribution in [0.1, 0.15) is 19.8 Å². The van der Waals surface area contributed by atoms with Crippen LogP contribution >= 0.6 is 24.0 Å². The van der Waals surface area contributed by atoms with E-state index in [0.29, 0.717) is 5.84 Å². The molecule has 0 amide bonds. The predicted octanol–water partition coefficient (Wildman–Crippen LogP) is 1.78. The summed E-state index contributed by atoms with van der Waals surface area (Å²) >= 11 is 0. The van der Waals surface area contributed by atoms with Crippen LogP contribution in [0.2, 0.25) is 0 Å². The number of hydrogen-bond donors (Lipinski definition) is 1. The maximum atomic E-state index is 12.1. The minimum Gasteiger partial charge on any atom is -0.388 e. The van der Waals surface area contributed by atoms with E-state index in [1.165, 1.54) is 0 Å². The summed E-state index contributed by atoms with van der Waals surface area (Å²) in [6.45, 7) is 1.61. The average molecular weight is 276 g/mol. The van der Waals surface area contributed by atoms with E-state index < -0.39 is 5.92 Å². The van der Waals surface area contributed by atoms with Gasteiger partial charge in [-0.05, 0) is 6.92 Å². The molecule has 0 unspecified atom stereocenters. The standard InChI is InChI=1S/C6H10F2N2.HI/c1-4(9)10-5-2-6(7,8)3-5;/h5H,2-3H2,1H3,(H2,9,10);1H. The van der Waals surface area contributed by atoms with E-state index in [2.05, 4.69) is 4.99 Å². The van der Waals surface area contributed by atoms with Crippen molar-refractivity contribution in [3.8, 4) is 0 Å². The highest BCUT2D eigenvalue weighted by Crippen LogP contribution is 2.39. The maximum absolute atomic E-state index is 12.1. The second kappa shape index (κ2) is 3.64. The molecule has 0 aromatic heterocycles. The number of halogens is 3. The minimum absolute atomic E-state index is 0. The van der Waals surface area contributed by atoms with Gasteiger partial charge in [0.1, 0.15) is 0 Å². The first-order chi connectivity index (χ1) is 4.49. The number of nitrogens with two attached hydrogens (primary N) is 1. The van der Waals surface area contributed by atoms with E-state index in [4.69, 9.17) is 5.73 Å². The van der Waals surface area contributed by atoms with Crippen molar-refractivity contribution >= 4 is 29.8 Å². The van der Waals surface area contributed by atoms with Crippen LogP contribution in [0.3, 0.4) is 0 Å². The van der Waals surface area contributed by atoms with Crippen molar-refractivity contribution in [2.24, 2.45) is 10.7 Å². The molecule has 0 aromatic carbocycles. The molecule has 0 atom stereocenters. The highest BCUT2D eigenvalue weighted by molar-refractivity contribution is 14.0. The summed E-state index contributed by atoms with van der Waals surface area (Å²) < 4.78 is 24.3. The summed E-state index contributed by atoms with van der Waals surface area (Å²) in [4.78, 5) is 3.79. The van der Waals surface area contributed by atoms with Gasteiger partial charge >= 0.3 is 0 Å². The van der Waals surface area contributed by atoms with E-state index in [1.807, 2.05) is 0 Å². The third-order valence-electron chi connectivity index (χ3n) is 1.45. The number of aliphatic imine (C=N–C) groups is 1. The van der Waals surface area contributed by atoms with Gasteiger partial charge in [0, 0.05) is 12.8 Å². The van der Waals surface area contributed by atoms with E-state index in [0.717, 1.165) is 0 Å². The number of amidine groups is 1. The molecule has 0 aromatic rings. The summed E-state index contributed by atoms with van der Waals surface area (Å²) in [5.74, 6) is -2.09. The zero-order valence-corrected chi connectivity index (χ0v) is 8.51. The van der Waals surface area contributed by atoms with Crippen LogP contribution in [-0.2, 0) is 0 Å². The molecule has 1 fully saturated rings. The van der Waals surface area contributed by atoms with Crippen molar-refractivity contribution in [1.29, 1.82) is 0 Å². The molecule has 0 aliphatic heterocycles. The van der Waals surface area contributed by atoms with Crippen LogP contribution in [0.25, 0.3) is 0 Å². The molecule has 0 heterocycles. The molecule has 0 radical (unpaired) electrons. The Labute approximate surface area is 81.3 Å². The second-order valence-electron chi connectivity index (χ2n) is 2.69. The second-order valence-corrected chi connectivity index (χ2v) is 2.69. The van der Waals surface area contributed by atoms with Crippen molar-refractivity contribution in [3.05, 3.63) is 0 Å². The molecular formula is C6H11F2IN2. The first-order valence-electron chi connectivity index (χ1n) is 3.17. The van der Waals surface area contributed by atoms with Crippen molar-refractivity contribution in [3.63, 3.8) is 0 Å². The Bertz CT molecular complexity index is 158. The largest absolute Gasteiger partial charge is 0.388 e. The lowest BCUT2D eigenvalue weighted by Crippen LogP contribution is -2.39. The van der Waals surface area contributed by atoms with Crippen LogP contribution in [0, 0.1) is 0 Å². The summed E-state index contributed by atoms with van der Waals surface area (Å²) in [5, 5.41) is 0.